The summed E-state index contributed by atoms with van der Waals surface area (Å²) in [6.07, 6.45) is 5.13. The highest BCUT2D eigenvalue weighted by atomic mass is 19.1. The number of phenols is 1. The van der Waals surface area contributed by atoms with Crippen molar-refractivity contribution in [2.45, 2.75) is 63.6 Å². The normalized spacial score (nSPS) is 16.7. The minimum atomic E-state index is -1.50. The first-order valence-electron chi connectivity index (χ1n) is 15.6. The van der Waals surface area contributed by atoms with Gasteiger partial charge in [0.15, 0.2) is 5.92 Å². The number of aliphatic hydroxyl groups is 1. The third-order valence-electron chi connectivity index (χ3n) is 8.72. The number of halogens is 1. The van der Waals surface area contributed by atoms with E-state index >= 15 is 0 Å². The first-order valence-corrected chi connectivity index (χ1v) is 15.6. The molecule has 5 rings (SSSR count). The summed E-state index contributed by atoms with van der Waals surface area (Å²) < 4.78 is 15.2. The van der Waals surface area contributed by atoms with Crippen LogP contribution in [-0.2, 0) is 33.8 Å². The molecule has 1 amide bonds. The van der Waals surface area contributed by atoms with E-state index in [1.807, 2.05) is 24.3 Å². The number of carboxylic acids is 2. The molecular weight excluding hydrogens is 607 g/mol. The Kier molecular flexibility index (Phi) is 10.6. The average molecular weight is 645 g/mol. The molecule has 4 N–H and O–H groups in total. The van der Waals surface area contributed by atoms with E-state index in [1.165, 1.54) is 30.6 Å². The fourth-order valence-corrected chi connectivity index (χ4v) is 6.14. The van der Waals surface area contributed by atoms with Gasteiger partial charge in [0, 0.05) is 17.8 Å². The smallest absolute Gasteiger partial charge is 0.317 e. The van der Waals surface area contributed by atoms with Crippen molar-refractivity contribution in [2.24, 2.45) is 11.8 Å². The van der Waals surface area contributed by atoms with Crippen molar-refractivity contribution in [1.29, 1.82) is 0 Å². The van der Waals surface area contributed by atoms with E-state index in [0.717, 1.165) is 24.9 Å². The van der Waals surface area contributed by atoms with E-state index in [4.69, 9.17) is 10.2 Å². The molecule has 1 aliphatic rings. The van der Waals surface area contributed by atoms with Crippen molar-refractivity contribution in [3.05, 3.63) is 107 Å². The molecule has 1 aromatic heterocycles. The minimum Gasteiger partial charge on any atom is -0.508 e. The largest absolute Gasteiger partial charge is 0.508 e. The molecule has 1 saturated heterocycles. The van der Waals surface area contributed by atoms with Crippen LogP contribution >= 0.6 is 0 Å². The summed E-state index contributed by atoms with van der Waals surface area (Å²) in [6.45, 7) is 0.731. The summed E-state index contributed by atoms with van der Waals surface area (Å²) in [5.74, 6) is -5.39. The van der Waals surface area contributed by atoms with Crippen LogP contribution in [0.25, 0.3) is 0 Å². The predicted octanol–water partition coefficient (Wildman–Crippen LogP) is 5.08. The Labute approximate surface area is 270 Å². The van der Waals surface area contributed by atoms with E-state index < -0.39 is 41.7 Å². The van der Waals surface area contributed by atoms with Gasteiger partial charge in [-0.2, -0.15) is 5.10 Å². The zero-order valence-corrected chi connectivity index (χ0v) is 25.7. The molecule has 11 nitrogen and oxygen atoms in total. The zero-order chi connectivity index (χ0) is 33.5. The fraction of sp³-hybridized carbons (Fsp3) is 0.343. The predicted molar refractivity (Wildman–Crippen MR) is 169 cm³/mol. The van der Waals surface area contributed by atoms with Crippen LogP contribution in [0.15, 0.2) is 79.4 Å². The molecule has 246 valence electrons. The van der Waals surface area contributed by atoms with Crippen molar-refractivity contribution < 1.29 is 39.2 Å². The molecule has 12 heteroatoms. The van der Waals surface area contributed by atoms with Gasteiger partial charge in [-0.15, -0.1) is 0 Å². The number of carbonyl (C=O) groups is 3. The number of rotatable bonds is 16. The molecule has 4 aromatic rings. The third-order valence-corrected chi connectivity index (χ3v) is 8.72. The van der Waals surface area contributed by atoms with Crippen LogP contribution in [0.5, 0.6) is 5.75 Å². The molecule has 2 heterocycles. The second-order valence-electron chi connectivity index (χ2n) is 11.8. The fourth-order valence-electron chi connectivity index (χ4n) is 6.14. The number of benzene rings is 3. The molecule has 0 spiro atoms. The van der Waals surface area contributed by atoms with Gasteiger partial charge in [-0.3, -0.25) is 19.1 Å². The van der Waals surface area contributed by atoms with Crippen LogP contribution in [0.4, 0.5) is 10.1 Å². The van der Waals surface area contributed by atoms with Crippen molar-refractivity contribution >= 4 is 23.5 Å². The lowest BCUT2D eigenvalue weighted by molar-refractivity contribution is -0.154. The number of carboxylic acid groups (broad SMARTS) is 2. The molecule has 0 aliphatic carbocycles. The summed E-state index contributed by atoms with van der Waals surface area (Å²) in [5.41, 5.74) is 3.55. The highest BCUT2D eigenvalue weighted by Crippen LogP contribution is 2.48. The molecule has 47 heavy (non-hydrogen) atoms. The standard InChI is InChI=1S/C35H37FN4O7/c36-25-11-9-24(10-12-25)30(41)17-16-28-32(27-15-8-23(19-31(27)42)3-1-5-29(34(44)45)35(46)47)40(33(28)43)26-13-6-22(7-14-26)4-2-18-39-21-37-20-38-39/h6-15,19-21,28-30,32,41-42H,1-5,16-18H2,(H,44,45)(H,46,47)/t28-,30+,32?/m1/s1. The van der Waals surface area contributed by atoms with Gasteiger partial charge in [0.05, 0.1) is 18.1 Å². The number of aliphatic hydroxyl groups excluding tert-OH is 1. The topological polar surface area (TPSA) is 166 Å². The molecule has 1 aliphatic heterocycles. The summed E-state index contributed by atoms with van der Waals surface area (Å²) in [5, 5.41) is 44.3. The number of anilines is 1. The second-order valence-corrected chi connectivity index (χ2v) is 11.8. The Hall–Kier alpha value is -5.10. The maximum atomic E-state index is 13.6. The van der Waals surface area contributed by atoms with Crippen LogP contribution in [0.1, 0.15) is 66.5 Å². The maximum absolute atomic E-state index is 13.6. The molecular formula is C35H37FN4O7. The molecule has 3 atom stereocenters. The van der Waals surface area contributed by atoms with Gasteiger partial charge < -0.3 is 25.3 Å². The Morgan fingerprint density at radius 1 is 0.894 bits per heavy atom. The second kappa shape index (κ2) is 15.0. The maximum Gasteiger partial charge on any atom is 0.317 e. The van der Waals surface area contributed by atoms with E-state index in [-0.39, 0.29) is 24.5 Å². The number of aromatic nitrogens is 3. The molecule has 3 aromatic carbocycles. The number of amides is 1. The summed E-state index contributed by atoms with van der Waals surface area (Å²) in [6, 6.07) is 17.9. The number of nitrogens with zero attached hydrogens (tertiary/aromatic N) is 4. The number of hydrogen-bond donors (Lipinski definition) is 4. The lowest BCUT2D eigenvalue weighted by atomic mass is 9.77. The number of β-lactam (4-membered cyclic amide) rings is 1. The Balaban J connectivity index is 1.31. The van der Waals surface area contributed by atoms with Gasteiger partial charge in [0.1, 0.15) is 24.2 Å². The lowest BCUT2D eigenvalue weighted by Crippen LogP contribution is -2.55. The summed E-state index contributed by atoms with van der Waals surface area (Å²) in [4.78, 5) is 41.6. The van der Waals surface area contributed by atoms with Crippen LogP contribution < -0.4 is 4.90 Å². The quantitative estimate of drug-likeness (QED) is 0.0961. The third kappa shape index (κ3) is 8.01. The highest BCUT2D eigenvalue weighted by molar-refractivity contribution is 6.03. The first-order chi connectivity index (χ1) is 22.6. The van der Waals surface area contributed by atoms with Crippen LogP contribution in [0.3, 0.4) is 0 Å². The van der Waals surface area contributed by atoms with Crippen molar-refractivity contribution in [3.8, 4) is 5.75 Å². The van der Waals surface area contributed by atoms with Gasteiger partial charge in [0.2, 0.25) is 5.91 Å². The van der Waals surface area contributed by atoms with Gasteiger partial charge in [0.25, 0.3) is 0 Å². The Morgan fingerprint density at radius 3 is 2.21 bits per heavy atom. The molecule has 0 saturated carbocycles. The average Bonchev–Trinajstić information content (AvgIpc) is 3.56. The van der Waals surface area contributed by atoms with Crippen LogP contribution in [-0.4, -0.2) is 53.0 Å². The van der Waals surface area contributed by atoms with Gasteiger partial charge in [-0.1, -0.05) is 36.4 Å². The van der Waals surface area contributed by atoms with Crippen molar-refractivity contribution in [3.63, 3.8) is 0 Å². The van der Waals surface area contributed by atoms with Gasteiger partial charge >= 0.3 is 11.9 Å². The zero-order valence-electron chi connectivity index (χ0n) is 25.7. The lowest BCUT2D eigenvalue weighted by Gasteiger charge is -2.48. The molecule has 1 fully saturated rings. The number of aromatic hydroxyl groups is 1. The summed E-state index contributed by atoms with van der Waals surface area (Å²) in [7, 11) is 0. The summed E-state index contributed by atoms with van der Waals surface area (Å²) >= 11 is 0. The monoisotopic (exact) mass is 644 g/mol. The van der Waals surface area contributed by atoms with E-state index in [0.29, 0.717) is 41.6 Å². The van der Waals surface area contributed by atoms with Crippen molar-refractivity contribution in [2.75, 3.05) is 4.90 Å². The number of aliphatic carboxylic acids is 2. The van der Waals surface area contributed by atoms with Crippen LogP contribution in [0, 0.1) is 17.7 Å². The SMILES string of the molecule is O=C(O)C(CCCc1ccc(C2[C@@H](CC[C@H](O)c3ccc(F)cc3)C(=O)N2c2ccc(CCCn3cncn3)cc2)c(O)c1)C(=O)O. The molecule has 0 radical (unpaired) electrons. The number of phenolic OH excluding ortho intramolecular Hbond substituents is 1. The molecule has 0 bridgehead atoms. The number of aryl methyl sites for hydroxylation is 3. The highest BCUT2D eigenvalue weighted by Gasteiger charge is 2.49. The van der Waals surface area contributed by atoms with Gasteiger partial charge in [-0.25, -0.2) is 9.37 Å². The number of carbonyl (C=O) groups excluding carboxylic acids is 1. The molecule has 1 unspecified atom stereocenters. The Bertz CT molecular complexity index is 1670. The minimum absolute atomic E-state index is 0.0353. The van der Waals surface area contributed by atoms with Crippen LogP contribution in [0.2, 0.25) is 0 Å². The van der Waals surface area contributed by atoms with E-state index in [1.54, 1.807) is 34.1 Å². The van der Waals surface area contributed by atoms with E-state index in [2.05, 4.69) is 10.1 Å². The Morgan fingerprint density at radius 2 is 1.57 bits per heavy atom. The van der Waals surface area contributed by atoms with Crippen molar-refractivity contribution in [1.82, 2.24) is 14.8 Å². The first kappa shape index (κ1) is 33.3. The van der Waals surface area contributed by atoms with Gasteiger partial charge in [-0.05, 0) is 92.0 Å². The number of hydrogen-bond acceptors (Lipinski definition) is 7. The van der Waals surface area contributed by atoms with E-state index in [9.17, 15) is 29.0 Å².